The third-order valence-corrected chi connectivity index (χ3v) is 24.9. The third-order valence-electron chi connectivity index (χ3n) is 22.8. The summed E-state index contributed by atoms with van der Waals surface area (Å²) in [7, 11) is 23.8. The van der Waals surface area contributed by atoms with Gasteiger partial charge < -0.3 is 110 Å². The number of halogens is 2. The molecule has 23 unspecified atom stereocenters. The van der Waals surface area contributed by atoms with Gasteiger partial charge in [-0.25, -0.2) is 28.7 Å². The fraction of sp³-hybridized carbons (Fsp3) is 0.753. The second-order valence-corrected chi connectivity index (χ2v) is 36.1. The first-order valence-electron chi connectivity index (χ1n) is 41.9. The molecule has 0 spiro atoms. The van der Waals surface area contributed by atoms with E-state index in [2.05, 4.69) is 84.7 Å². The Kier molecular flexibility index (Phi) is 65.9. The summed E-state index contributed by atoms with van der Waals surface area (Å²) in [6.07, 6.45) is 6.34. The van der Waals surface area contributed by atoms with Gasteiger partial charge >= 0.3 is 41.8 Å². The quantitative estimate of drug-likeness (QED) is 0.0225. The van der Waals surface area contributed by atoms with Gasteiger partial charge in [-0.05, 0) is 181 Å². The Hall–Kier alpha value is -8.18. The molecule has 0 aromatic heterocycles. The minimum atomic E-state index is -3.60. The first kappa shape index (κ1) is 132. The summed E-state index contributed by atoms with van der Waals surface area (Å²) in [5.41, 5.74) is 10.8. The van der Waals surface area contributed by atoms with Crippen LogP contribution in [0.2, 0.25) is 0 Å². The first-order valence-corrected chi connectivity index (χ1v) is 45.5. The number of sulfonamides is 1. The Morgan fingerprint density at radius 2 is 0.729 bits per heavy atom. The normalized spacial score (nSPS) is 23.4. The second kappa shape index (κ2) is 64.6. The minimum absolute atomic E-state index is 0.0159. The van der Waals surface area contributed by atoms with Crippen LogP contribution in [0.5, 0.6) is 0 Å². The highest BCUT2D eigenvalue weighted by Crippen LogP contribution is 2.33. The molecule has 44 heteroatoms. The van der Waals surface area contributed by atoms with E-state index in [1.165, 1.54) is 97.4 Å². The molecular weight excluding hydrogens is 1840 g/mol. The number of carbonyl (C=O) groups excluding carboxylic acids is 15. The summed E-state index contributed by atoms with van der Waals surface area (Å²) in [5.74, 6) is -2.34. The largest absolute Gasteiger partial charge is 0.469 e. The molecule has 0 aliphatic carbocycles. The fourth-order valence-corrected chi connectivity index (χ4v) is 15.2. The van der Waals surface area contributed by atoms with Crippen LogP contribution < -0.4 is 38.6 Å². The summed E-state index contributed by atoms with van der Waals surface area (Å²) in [6.45, 7) is 38.6. The van der Waals surface area contributed by atoms with Crippen molar-refractivity contribution in [1.82, 2.24) is 64.8 Å². The maximum Gasteiger partial charge on any atom is 0.333 e. The van der Waals surface area contributed by atoms with E-state index in [0.717, 1.165) is 10.6 Å². The van der Waals surface area contributed by atoms with E-state index in [1.54, 1.807) is 171 Å². The molecule has 11 N–H and O–H groups in total. The third kappa shape index (κ3) is 39.3. The lowest BCUT2D eigenvalue weighted by molar-refractivity contribution is -0.167. The van der Waals surface area contributed by atoms with Gasteiger partial charge in [0.2, 0.25) is 57.3 Å². The topological polar surface area (TPSA) is 530 Å². The number of allylic oxidation sites excluding steroid dienone is 1. The van der Waals surface area contributed by atoms with Crippen LogP contribution in [-0.2, 0) is 115 Å². The van der Waals surface area contributed by atoms with Crippen molar-refractivity contribution in [2.75, 3.05) is 134 Å². The molecule has 0 saturated carbocycles. The number of carbonyl (C=O) groups is 15. The molecule has 0 aromatic carbocycles. The van der Waals surface area contributed by atoms with Gasteiger partial charge in [0, 0.05) is 106 Å². The smallest absolute Gasteiger partial charge is 0.333 e. The summed E-state index contributed by atoms with van der Waals surface area (Å²) in [6, 6.07) is -6.45. The van der Waals surface area contributed by atoms with Gasteiger partial charge in [0.15, 0.2) is 0 Å². The molecule has 4 saturated heterocycles. The number of ether oxygens (including phenoxy) is 7. The van der Waals surface area contributed by atoms with Gasteiger partial charge in [-0.2, -0.15) is 4.31 Å². The van der Waals surface area contributed by atoms with Crippen LogP contribution in [0, 0.1) is 23.7 Å². The molecule has 0 bridgehead atoms. The Labute approximate surface area is 784 Å². The molecule has 4 fully saturated rings. The lowest BCUT2D eigenvalue weighted by atomic mass is 9.88. The predicted octanol–water partition coefficient (Wildman–Crippen LogP) is 2.05. The maximum absolute atomic E-state index is 13.1. The van der Waals surface area contributed by atoms with Crippen LogP contribution in [0.15, 0.2) is 34.9 Å². The Morgan fingerprint density at radius 1 is 0.442 bits per heavy atom. The lowest BCUT2D eigenvalue weighted by Gasteiger charge is -2.50. The van der Waals surface area contributed by atoms with Crippen LogP contribution in [0.4, 0.5) is 0 Å². The monoisotopic (exact) mass is 1990 g/mol. The number of methoxy groups -OCH3 is 7. The van der Waals surface area contributed by atoms with E-state index in [-0.39, 0.29) is 136 Å². The van der Waals surface area contributed by atoms with Gasteiger partial charge in [0.05, 0.1) is 121 Å². The fourth-order valence-electron chi connectivity index (χ4n) is 13.9. The Morgan fingerprint density at radius 3 is 1.01 bits per heavy atom. The van der Waals surface area contributed by atoms with Gasteiger partial charge in [-0.3, -0.25) is 57.5 Å². The van der Waals surface area contributed by atoms with Crippen molar-refractivity contribution in [1.29, 1.82) is 0 Å². The Bertz CT molecular complexity index is 3790. The first-order chi connectivity index (χ1) is 59.5. The molecule has 4 heterocycles. The van der Waals surface area contributed by atoms with Crippen LogP contribution in [0.25, 0.3) is 0 Å². The number of likely N-dealkylation sites (N-methyl/N-ethyl adjacent to an activating group) is 9. The number of hydrogen-bond acceptors (Lipinski definition) is 32. The van der Waals surface area contributed by atoms with Crippen molar-refractivity contribution in [3.05, 3.63) is 34.9 Å². The van der Waals surface area contributed by atoms with Gasteiger partial charge in [0.25, 0.3) is 0 Å². The molecule has 0 aromatic rings. The van der Waals surface area contributed by atoms with Crippen molar-refractivity contribution in [3.63, 3.8) is 0 Å². The number of esters is 7. The van der Waals surface area contributed by atoms with E-state index < -0.39 is 98.9 Å². The highest BCUT2D eigenvalue weighted by molar-refractivity contribution is 9.10. The zero-order valence-corrected chi connectivity index (χ0v) is 88.2. The van der Waals surface area contributed by atoms with E-state index >= 15 is 0 Å². The van der Waals surface area contributed by atoms with Crippen molar-refractivity contribution < 1.29 is 119 Å². The standard InChI is InChI=1S/C16H29N3O6S.C15H27N3O4.C14H23BrN2O4.C12H22N2O3.C11H20N2O3.C8H15NO2.C7H11BrO2.2CH5N.H3NO/c1-9(16(22)25-7)13-10(2)17(5)14(20)12(4)19(13)15(21)11(3)18(6)26(8,23)24;1-8(15(21)22-7)12-10(3)17(6)14(20)11(4)18(12)13(19)9(2)16-5;1-7(14(20)21-6)11-9(3)16(5)13(19)10(4)17(11)12(18)8(2)15;1-8(12(16)17-6)7-9(2)14(5)11(15)10(3)13-4;1-6(11(15)16-5)9-8(3)13(4)10(14)7(2)12-9;1-6(8(10)11-4)5-7(2)9-3;1-5(4-6(2)8)7(9)10-3;3*1-2/h9-13H,1-8H3;8-12,16H,1-7H3;7-11H,1-6H3;7,9-10,13H,1-6H3;6-9,12H,1-5H3;5,7,9H,1-4H3;4,6H,1-3H3;2*2H2,1H3;2H,1H2/b;;;8-7+;;6-5+;5-4+;;;. The van der Waals surface area contributed by atoms with E-state index in [0.29, 0.717) is 16.7 Å². The average Bonchev–Trinajstić information content (AvgIpc) is 0.775. The predicted molar refractivity (Wildman–Crippen MR) is 500 cm³/mol. The van der Waals surface area contributed by atoms with E-state index in [4.69, 9.17) is 24.2 Å². The summed E-state index contributed by atoms with van der Waals surface area (Å²) < 4.78 is 57.3. The molecule has 23 atom stereocenters. The summed E-state index contributed by atoms with van der Waals surface area (Å²) in [4.78, 5) is 191. The number of nitrogens with two attached hydrogens (primary N) is 3. The molecule has 129 heavy (non-hydrogen) atoms. The molecule has 0 radical (unpaired) electrons. The van der Waals surface area contributed by atoms with Crippen molar-refractivity contribution >= 4 is 131 Å². The van der Waals surface area contributed by atoms with Gasteiger partial charge in [-0.1, -0.05) is 57.0 Å². The number of rotatable bonds is 24. The summed E-state index contributed by atoms with van der Waals surface area (Å²) >= 11 is 6.54. The molecule has 4 aliphatic heterocycles. The molecule has 4 aliphatic rings. The van der Waals surface area contributed by atoms with Crippen LogP contribution >= 0.6 is 31.9 Å². The van der Waals surface area contributed by atoms with Crippen LogP contribution in [0.1, 0.15) is 152 Å². The number of alkyl halides is 2. The SMILES string of the molecule is CN.CN.CNC(C)/C=C(\C)C(=O)OC.CNC(C)C(=O)N(C)C(C)/C=C(\C)C(=O)OC.CNC(C)C(=O)N1C(C)C(=O)N(C)C(C)C1C(C)C(=O)OC.COC(=O)/C(C)=C/C(C)Br.COC(=O)C(C)C1C(C)N(C)C(=O)C(C)N1C(=O)C(C)Br.COC(=O)C(C)C1C(C)N(C)C(=O)C(C)N1C(=O)C(C)N(C)S(C)(=O)=O.COC(=O)C(C)C1NC(C)C(=O)N(C)C1C.NO. The number of nitrogens with one attached hydrogen (secondary N) is 4. The molecule has 750 valence electrons. The lowest BCUT2D eigenvalue weighted by Crippen LogP contribution is -2.69. The number of amides is 8. The van der Waals surface area contributed by atoms with Crippen LogP contribution in [0.3, 0.4) is 0 Å². The highest BCUT2D eigenvalue weighted by atomic mass is 79.9. The minimum Gasteiger partial charge on any atom is -0.469 e. The van der Waals surface area contributed by atoms with Gasteiger partial charge in [0.1, 0.15) is 24.2 Å². The maximum atomic E-state index is 13.1. The number of piperazine rings is 4. The number of nitrogens with zero attached hydrogens (tertiary/aromatic N) is 9. The van der Waals surface area contributed by atoms with Crippen molar-refractivity contribution in [3.8, 4) is 0 Å². The van der Waals surface area contributed by atoms with Gasteiger partial charge in [-0.15, -0.1) is 0 Å². The molecule has 41 nitrogen and oxygen atoms in total. The average molecular weight is 2000 g/mol. The second-order valence-electron chi connectivity index (χ2n) is 31.2. The van der Waals surface area contributed by atoms with E-state index in [1.807, 2.05) is 68.5 Å². The van der Waals surface area contributed by atoms with Crippen molar-refractivity contribution in [2.24, 2.45) is 41.0 Å². The number of hydrogen-bond donors (Lipinski definition) is 8. The Balaban J connectivity index is -0.000000345. The molecule has 8 amide bonds. The zero-order chi connectivity index (χ0) is 103. The highest BCUT2D eigenvalue weighted by Gasteiger charge is 2.52. The molecular formula is C85H160Br2N16O25S. The van der Waals surface area contributed by atoms with Crippen LogP contribution in [-0.4, -0.2) is 392 Å². The van der Waals surface area contributed by atoms with Crippen molar-refractivity contribution in [2.45, 2.75) is 265 Å². The zero-order valence-electron chi connectivity index (χ0n) is 84.2. The molecule has 4 rings (SSSR count). The summed E-state index contributed by atoms with van der Waals surface area (Å²) in [5, 5.41) is 18.4. The van der Waals surface area contributed by atoms with E-state index in [9.17, 15) is 80.3 Å².